The van der Waals surface area contributed by atoms with Gasteiger partial charge < -0.3 is 5.11 Å². The Morgan fingerprint density at radius 1 is 1.08 bits per heavy atom. The third kappa shape index (κ3) is 1.57. The second-order valence-corrected chi connectivity index (χ2v) is 5.96. The molecule has 2 bridgehead atoms. The molecule has 70 valence electrons. The predicted octanol–water partition coefficient (Wildman–Crippen LogP) is 1.20. The lowest BCUT2D eigenvalue weighted by molar-refractivity contribution is 0.154. The summed E-state index contributed by atoms with van der Waals surface area (Å²) in [5, 5.41) is 10.2. The highest BCUT2D eigenvalue weighted by Crippen LogP contribution is 2.32. The SMILES string of the molecule is O=S1C2CCCC1CC(O)CC2. The van der Waals surface area contributed by atoms with Crippen molar-refractivity contribution in [3.8, 4) is 0 Å². The van der Waals surface area contributed by atoms with Crippen molar-refractivity contribution < 1.29 is 9.32 Å². The molecule has 0 radical (unpaired) electrons. The molecule has 0 spiro atoms. The van der Waals surface area contributed by atoms with Gasteiger partial charge in [0.25, 0.3) is 0 Å². The van der Waals surface area contributed by atoms with Crippen LogP contribution in [0.5, 0.6) is 0 Å². The maximum Gasteiger partial charge on any atom is 0.0552 e. The lowest BCUT2D eigenvalue weighted by Gasteiger charge is -2.25. The highest BCUT2D eigenvalue weighted by atomic mass is 32.2. The predicted molar refractivity (Wildman–Crippen MR) is 49.4 cm³/mol. The molecule has 0 aliphatic carbocycles. The highest BCUT2D eigenvalue weighted by Gasteiger charge is 2.34. The largest absolute Gasteiger partial charge is 0.393 e. The van der Waals surface area contributed by atoms with Gasteiger partial charge in [0.15, 0.2) is 0 Å². The molecule has 2 heterocycles. The third-order valence-corrected chi connectivity index (χ3v) is 5.28. The summed E-state index contributed by atoms with van der Waals surface area (Å²) in [4.78, 5) is 0. The van der Waals surface area contributed by atoms with E-state index in [-0.39, 0.29) is 6.10 Å². The van der Waals surface area contributed by atoms with Gasteiger partial charge in [-0.3, -0.25) is 4.21 Å². The number of aliphatic hydroxyl groups is 1. The monoisotopic (exact) mass is 188 g/mol. The normalized spacial score (nSPS) is 48.4. The van der Waals surface area contributed by atoms with Gasteiger partial charge in [0.05, 0.1) is 6.10 Å². The van der Waals surface area contributed by atoms with Gasteiger partial charge in [-0.2, -0.15) is 0 Å². The van der Waals surface area contributed by atoms with E-state index < -0.39 is 10.8 Å². The summed E-state index contributed by atoms with van der Waals surface area (Å²) in [5.41, 5.74) is 0. The van der Waals surface area contributed by atoms with Gasteiger partial charge in [-0.15, -0.1) is 0 Å². The minimum atomic E-state index is -0.634. The van der Waals surface area contributed by atoms with Gasteiger partial charge in [0.1, 0.15) is 0 Å². The third-order valence-electron chi connectivity index (χ3n) is 3.07. The van der Waals surface area contributed by atoms with Crippen molar-refractivity contribution in [2.45, 2.75) is 55.1 Å². The lowest BCUT2D eigenvalue weighted by atomic mass is 10.1. The van der Waals surface area contributed by atoms with Crippen LogP contribution in [0.1, 0.15) is 38.5 Å². The lowest BCUT2D eigenvalue weighted by Crippen LogP contribution is -2.29. The number of fused-ring (bicyclic) bond motifs is 2. The van der Waals surface area contributed by atoms with E-state index in [0.29, 0.717) is 10.5 Å². The molecule has 4 atom stereocenters. The zero-order chi connectivity index (χ0) is 8.55. The molecule has 12 heavy (non-hydrogen) atoms. The van der Waals surface area contributed by atoms with Crippen molar-refractivity contribution >= 4 is 10.8 Å². The van der Waals surface area contributed by atoms with E-state index in [9.17, 15) is 9.32 Å². The molecule has 2 aliphatic rings. The first-order chi connectivity index (χ1) is 5.77. The number of hydrogen-bond acceptors (Lipinski definition) is 2. The van der Waals surface area contributed by atoms with E-state index in [4.69, 9.17) is 0 Å². The van der Waals surface area contributed by atoms with E-state index >= 15 is 0 Å². The van der Waals surface area contributed by atoms with Gasteiger partial charge in [-0.1, -0.05) is 6.42 Å². The fourth-order valence-corrected chi connectivity index (χ4v) is 4.47. The molecule has 1 N–H and O–H groups in total. The average Bonchev–Trinajstić information content (AvgIpc) is 2.17. The molecule has 3 heteroatoms. The van der Waals surface area contributed by atoms with Crippen LogP contribution in [0.4, 0.5) is 0 Å². The number of aliphatic hydroxyl groups excluding tert-OH is 1. The molecular weight excluding hydrogens is 172 g/mol. The maximum atomic E-state index is 11.8. The van der Waals surface area contributed by atoms with Crippen LogP contribution in [-0.4, -0.2) is 25.9 Å². The summed E-state index contributed by atoms with van der Waals surface area (Å²) < 4.78 is 11.8. The van der Waals surface area contributed by atoms with Gasteiger partial charge in [0.2, 0.25) is 0 Å². The maximum absolute atomic E-state index is 11.8. The molecule has 2 fully saturated rings. The molecule has 0 aromatic heterocycles. The summed E-state index contributed by atoms with van der Waals surface area (Å²) >= 11 is 0. The molecular formula is C9H16O2S. The number of rotatable bonds is 0. The van der Waals surface area contributed by atoms with Crippen molar-refractivity contribution in [1.82, 2.24) is 0 Å². The molecule has 2 saturated heterocycles. The fraction of sp³-hybridized carbons (Fsp3) is 1.00. The molecule has 2 rings (SSSR count). The van der Waals surface area contributed by atoms with Gasteiger partial charge in [0, 0.05) is 21.3 Å². The van der Waals surface area contributed by atoms with E-state index in [0.717, 1.165) is 32.1 Å². The summed E-state index contributed by atoms with van der Waals surface area (Å²) in [7, 11) is -0.634. The van der Waals surface area contributed by atoms with Crippen molar-refractivity contribution in [3.63, 3.8) is 0 Å². The molecule has 0 saturated carbocycles. The number of hydrogen-bond donors (Lipinski definition) is 1. The van der Waals surface area contributed by atoms with E-state index in [1.165, 1.54) is 6.42 Å². The summed E-state index contributed by atoms with van der Waals surface area (Å²) in [5.74, 6) is 0. The Labute approximate surface area is 75.8 Å². The Balaban J connectivity index is 2.13. The first kappa shape index (κ1) is 8.70. The van der Waals surface area contributed by atoms with E-state index in [1.807, 2.05) is 0 Å². The topological polar surface area (TPSA) is 37.3 Å². The van der Waals surface area contributed by atoms with Crippen LogP contribution in [0.2, 0.25) is 0 Å². The molecule has 2 nitrogen and oxygen atoms in total. The van der Waals surface area contributed by atoms with Crippen LogP contribution < -0.4 is 0 Å². The van der Waals surface area contributed by atoms with Crippen molar-refractivity contribution in [3.05, 3.63) is 0 Å². The van der Waals surface area contributed by atoms with Gasteiger partial charge in [-0.25, -0.2) is 0 Å². The Hall–Kier alpha value is 0.110. The Morgan fingerprint density at radius 3 is 2.67 bits per heavy atom. The van der Waals surface area contributed by atoms with Gasteiger partial charge >= 0.3 is 0 Å². The summed E-state index contributed by atoms with van der Waals surface area (Å²) in [6.07, 6.45) is 5.85. The summed E-state index contributed by atoms with van der Waals surface area (Å²) in [6.45, 7) is 0. The zero-order valence-corrected chi connectivity index (χ0v) is 8.05. The van der Waals surface area contributed by atoms with E-state index in [2.05, 4.69) is 0 Å². The fourth-order valence-electron chi connectivity index (χ4n) is 2.35. The molecule has 0 aromatic carbocycles. The standard InChI is InChI=1S/C9H16O2S/c10-7-4-5-8-2-1-3-9(6-7)12(8)11/h7-10H,1-6H2. The Bertz CT molecular complexity index is 193. The molecule has 4 unspecified atom stereocenters. The molecule has 2 aliphatic heterocycles. The van der Waals surface area contributed by atoms with Crippen molar-refractivity contribution in [2.24, 2.45) is 0 Å². The zero-order valence-electron chi connectivity index (χ0n) is 7.24. The molecule has 0 amide bonds. The van der Waals surface area contributed by atoms with Crippen LogP contribution in [-0.2, 0) is 10.8 Å². The average molecular weight is 188 g/mol. The highest BCUT2D eigenvalue weighted by molar-refractivity contribution is 7.86. The Kier molecular flexibility index (Phi) is 2.51. The Morgan fingerprint density at radius 2 is 1.83 bits per heavy atom. The molecule has 0 aromatic rings. The second kappa shape index (κ2) is 3.46. The smallest absolute Gasteiger partial charge is 0.0552 e. The van der Waals surface area contributed by atoms with Gasteiger partial charge in [-0.05, 0) is 32.1 Å². The minimum absolute atomic E-state index is 0.179. The quantitative estimate of drug-likeness (QED) is 0.620. The van der Waals surface area contributed by atoms with Crippen molar-refractivity contribution in [1.29, 1.82) is 0 Å². The van der Waals surface area contributed by atoms with Crippen LogP contribution in [0.25, 0.3) is 0 Å². The first-order valence-electron chi connectivity index (χ1n) is 4.85. The van der Waals surface area contributed by atoms with Crippen LogP contribution >= 0.6 is 0 Å². The van der Waals surface area contributed by atoms with E-state index in [1.54, 1.807) is 0 Å². The van der Waals surface area contributed by atoms with Crippen LogP contribution in [0.3, 0.4) is 0 Å². The first-order valence-corrected chi connectivity index (χ1v) is 6.12. The van der Waals surface area contributed by atoms with Crippen LogP contribution in [0, 0.1) is 0 Å². The van der Waals surface area contributed by atoms with Crippen molar-refractivity contribution in [2.75, 3.05) is 0 Å². The minimum Gasteiger partial charge on any atom is -0.393 e. The second-order valence-electron chi connectivity index (χ2n) is 3.97. The summed E-state index contributed by atoms with van der Waals surface area (Å²) in [6, 6.07) is 0. The van der Waals surface area contributed by atoms with Crippen LogP contribution in [0.15, 0.2) is 0 Å².